The molecule has 0 saturated heterocycles. The van der Waals surface area contributed by atoms with E-state index in [0.717, 1.165) is 0 Å². The molecule has 86 valence electrons. The predicted octanol–water partition coefficient (Wildman–Crippen LogP) is 1.97. The van der Waals surface area contributed by atoms with E-state index in [9.17, 15) is 9.59 Å². The van der Waals surface area contributed by atoms with Crippen LogP contribution in [0, 0.1) is 0 Å². The second-order valence-electron chi connectivity index (χ2n) is 3.18. The Morgan fingerprint density at radius 3 is 2.75 bits per heavy atom. The first kappa shape index (κ1) is 12.6. The molecule has 0 aliphatic rings. The molecule has 0 spiro atoms. The summed E-state index contributed by atoms with van der Waals surface area (Å²) < 4.78 is 4.83. The van der Waals surface area contributed by atoms with Gasteiger partial charge in [0.2, 0.25) is 0 Å². The minimum atomic E-state index is -0.985. The van der Waals surface area contributed by atoms with Crippen molar-refractivity contribution in [1.29, 1.82) is 0 Å². The summed E-state index contributed by atoms with van der Waals surface area (Å²) in [6.45, 7) is 3.23. The van der Waals surface area contributed by atoms with Crippen molar-refractivity contribution < 1.29 is 14.3 Å². The number of hydrogen-bond donors (Lipinski definition) is 0. The molecule has 0 aliphatic heterocycles. The van der Waals surface area contributed by atoms with Gasteiger partial charge in [-0.3, -0.25) is 9.59 Å². The molecule has 0 bridgehead atoms. The third kappa shape index (κ3) is 2.79. The number of ether oxygens (including phenoxy) is 1. The van der Waals surface area contributed by atoms with E-state index in [2.05, 4.69) is 4.98 Å². The summed E-state index contributed by atoms with van der Waals surface area (Å²) in [5.41, 5.74) is 0.384. The van der Waals surface area contributed by atoms with E-state index in [1.807, 2.05) is 0 Å². The lowest BCUT2D eigenvalue weighted by atomic mass is 9.97. The van der Waals surface area contributed by atoms with Gasteiger partial charge < -0.3 is 4.74 Å². The summed E-state index contributed by atoms with van der Waals surface area (Å²) in [4.78, 5) is 26.9. The van der Waals surface area contributed by atoms with E-state index in [1.165, 1.54) is 13.1 Å². The van der Waals surface area contributed by atoms with Crippen molar-refractivity contribution in [1.82, 2.24) is 4.98 Å². The first-order valence-electron chi connectivity index (χ1n) is 4.85. The van der Waals surface area contributed by atoms with Gasteiger partial charge in [0.05, 0.1) is 6.61 Å². The number of ketones is 1. The lowest BCUT2D eigenvalue weighted by molar-refractivity contribution is -0.147. The first-order chi connectivity index (χ1) is 7.57. The average Bonchev–Trinajstić information content (AvgIpc) is 2.21. The quantitative estimate of drug-likeness (QED) is 0.459. The molecular formula is C11H12ClNO3. The van der Waals surface area contributed by atoms with Crippen LogP contribution in [0.1, 0.15) is 25.3 Å². The number of Topliss-reactive ketones (excluding diaryl/α,β-unsaturated/α-hetero) is 1. The van der Waals surface area contributed by atoms with Crippen LogP contribution in [0.5, 0.6) is 0 Å². The van der Waals surface area contributed by atoms with Gasteiger partial charge in [0.15, 0.2) is 0 Å². The molecule has 0 saturated carbocycles. The summed E-state index contributed by atoms with van der Waals surface area (Å²) >= 11 is 5.84. The van der Waals surface area contributed by atoms with Gasteiger partial charge in [0, 0.05) is 11.8 Å². The highest BCUT2D eigenvalue weighted by Gasteiger charge is 2.28. The molecule has 1 heterocycles. The van der Waals surface area contributed by atoms with Gasteiger partial charge in [0.1, 0.15) is 16.9 Å². The summed E-state index contributed by atoms with van der Waals surface area (Å²) in [6, 6.07) is 3.22. The van der Waals surface area contributed by atoms with E-state index < -0.39 is 11.9 Å². The van der Waals surface area contributed by atoms with Crippen LogP contribution in [-0.2, 0) is 14.3 Å². The Kier molecular flexibility index (Phi) is 4.43. The van der Waals surface area contributed by atoms with Crippen LogP contribution in [0.15, 0.2) is 18.3 Å². The molecular weight excluding hydrogens is 230 g/mol. The summed E-state index contributed by atoms with van der Waals surface area (Å²) in [6.07, 6.45) is 1.49. The Morgan fingerprint density at radius 2 is 2.25 bits per heavy atom. The largest absolute Gasteiger partial charge is 0.465 e. The van der Waals surface area contributed by atoms with E-state index in [1.54, 1.807) is 19.1 Å². The minimum absolute atomic E-state index is 0.149. The van der Waals surface area contributed by atoms with Crippen LogP contribution in [0.3, 0.4) is 0 Å². The molecule has 1 unspecified atom stereocenters. The van der Waals surface area contributed by atoms with E-state index in [4.69, 9.17) is 16.3 Å². The van der Waals surface area contributed by atoms with Crippen LogP contribution >= 0.6 is 11.6 Å². The molecule has 5 heteroatoms. The smallest absolute Gasteiger partial charge is 0.321 e. The van der Waals surface area contributed by atoms with E-state index in [0.29, 0.717) is 5.56 Å². The SMILES string of the molecule is CCOC(=O)C(C(C)=O)c1cccnc1Cl. The minimum Gasteiger partial charge on any atom is -0.465 e. The summed E-state index contributed by atoms with van der Waals surface area (Å²) in [5.74, 6) is -1.89. The molecule has 1 aromatic heterocycles. The van der Waals surface area contributed by atoms with Gasteiger partial charge in [0.25, 0.3) is 0 Å². The number of aromatic nitrogens is 1. The van der Waals surface area contributed by atoms with Crippen LogP contribution < -0.4 is 0 Å². The van der Waals surface area contributed by atoms with Crippen molar-refractivity contribution in [2.24, 2.45) is 0 Å². The van der Waals surface area contributed by atoms with E-state index in [-0.39, 0.29) is 17.5 Å². The fourth-order valence-electron chi connectivity index (χ4n) is 1.35. The molecule has 0 amide bonds. The topological polar surface area (TPSA) is 56.3 Å². The van der Waals surface area contributed by atoms with Crippen molar-refractivity contribution in [2.75, 3.05) is 6.61 Å². The standard InChI is InChI=1S/C11H12ClNO3/c1-3-16-11(15)9(7(2)14)8-5-4-6-13-10(8)12/h4-6,9H,3H2,1-2H3. The Morgan fingerprint density at radius 1 is 1.56 bits per heavy atom. The highest BCUT2D eigenvalue weighted by Crippen LogP contribution is 2.24. The second kappa shape index (κ2) is 5.61. The van der Waals surface area contributed by atoms with Crippen LogP contribution in [-0.4, -0.2) is 23.3 Å². The molecule has 1 aromatic rings. The number of hydrogen-bond acceptors (Lipinski definition) is 4. The highest BCUT2D eigenvalue weighted by atomic mass is 35.5. The van der Waals surface area contributed by atoms with Gasteiger partial charge in [-0.25, -0.2) is 4.98 Å². The highest BCUT2D eigenvalue weighted by molar-refractivity contribution is 6.31. The molecule has 0 N–H and O–H groups in total. The maximum Gasteiger partial charge on any atom is 0.321 e. The molecule has 16 heavy (non-hydrogen) atoms. The van der Waals surface area contributed by atoms with E-state index >= 15 is 0 Å². The molecule has 1 rings (SSSR count). The van der Waals surface area contributed by atoms with Gasteiger partial charge in [-0.05, 0) is 19.9 Å². The van der Waals surface area contributed by atoms with Gasteiger partial charge in [-0.2, -0.15) is 0 Å². The van der Waals surface area contributed by atoms with Crippen molar-refractivity contribution in [3.05, 3.63) is 29.0 Å². The monoisotopic (exact) mass is 241 g/mol. The van der Waals surface area contributed by atoms with Gasteiger partial charge >= 0.3 is 5.97 Å². The lowest BCUT2D eigenvalue weighted by Gasteiger charge is -2.13. The number of halogens is 1. The molecule has 1 atom stereocenters. The lowest BCUT2D eigenvalue weighted by Crippen LogP contribution is -2.22. The number of esters is 1. The fraction of sp³-hybridized carbons (Fsp3) is 0.364. The normalized spacial score (nSPS) is 11.9. The Hall–Kier alpha value is -1.42. The molecule has 0 fully saturated rings. The van der Waals surface area contributed by atoms with Gasteiger partial charge in [-0.15, -0.1) is 0 Å². The van der Waals surface area contributed by atoms with Crippen molar-refractivity contribution in [3.63, 3.8) is 0 Å². The molecule has 0 aromatic carbocycles. The maximum absolute atomic E-state index is 11.6. The summed E-state index contributed by atoms with van der Waals surface area (Å²) in [5, 5.41) is 0.149. The Balaban J connectivity index is 3.08. The average molecular weight is 242 g/mol. The number of carbonyl (C=O) groups excluding carboxylic acids is 2. The predicted molar refractivity (Wildman–Crippen MR) is 59.3 cm³/mol. The molecule has 0 aliphatic carbocycles. The number of pyridine rings is 1. The van der Waals surface area contributed by atoms with Crippen LogP contribution in [0.25, 0.3) is 0 Å². The van der Waals surface area contributed by atoms with Gasteiger partial charge in [-0.1, -0.05) is 17.7 Å². The van der Waals surface area contributed by atoms with Crippen molar-refractivity contribution in [2.45, 2.75) is 19.8 Å². The summed E-state index contributed by atoms with van der Waals surface area (Å²) in [7, 11) is 0. The second-order valence-corrected chi connectivity index (χ2v) is 3.54. The molecule has 0 radical (unpaired) electrons. The third-order valence-electron chi connectivity index (χ3n) is 2.03. The fourth-order valence-corrected chi connectivity index (χ4v) is 1.58. The van der Waals surface area contributed by atoms with Crippen LogP contribution in [0.2, 0.25) is 5.15 Å². The van der Waals surface area contributed by atoms with Crippen LogP contribution in [0.4, 0.5) is 0 Å². The number of nitrogens with zero attached hydrogens (tertiary/aromatic N) is 1. The zero-order chi connectivity index (χ0) is 12.1. The first-order valence-corrected chi connectivity index (χ1v) is 5.23. The molecule has 4 nitrogen and oxygen atoms in total. The zero-order valence-corrected chi connectivity index (χ0v) is 9.82. The van der Waals surface area contributed by atoms with Crippen molar-refractivity contribution >= 4 is 23.4 Å². The number of rotatable bonds is 4. The van der Waals surface area contributed by atoms with Crippen molar-refractivity contribution in [3.8, 4) is 0 Å². The number of carbonyl (C=O) groups is 2. The Bertz CT molecular complexity index is 406. The Labute approximate surface area is 98.6 Å². The third-order valence-corrected chi connectivity index (χ3v) is 2.34. The maximum atomic E-state index is 11.6. The zero-order valence-electron chi connectivity index (χ0n) is 9.07.